The summed E-state index contributed by atoms with van der Waals surface area (Å²) < 4.78 is 5.58. The topological polar surface area (TPSA) is 58.9 Å². The fourth-order valence-corrected chi connectivity index (χ4v) is 3.17. The first-order valence-electron chi connectivity index (χ1n) is 8.24. The predicted octanol–water partition coefficient (Wildman–Crippen LogP) is 4.27. The number of nitrogens with two attached hydrogens (primary N) is 1. The van der Waals surface area contributed by atoms with Crippen LogP contribution in [0.25, 0.3) is 0 Å². The number of amides is 1. The zero-order valence-electron chi connectivity index (χ0n) is 14.2. The van der Waals surface area contributed by atoms with Crippen LogP contribution in [0.3, 0.4) is 0 Å². The fourth-order valence-electron chi connectivity index (χ4n) is 2.71. The molecule has 4 nitrogen and oxygen atoms in total. The van der Waals surface area contributed by atoms with Gasteiger partial charge in [0.2, 0.25) is 0 Å². The Bertz CT molecular complexity index is 867. The second-order valence-corrected chi connectivity index (χ2v) is 6.84. The number of carbonyl (C=O) groups excluding carboxylic acids is 1. The lowest BCUT2D eigenvalue weighted by Crippen LogP contribution is -2.92. The van der Waals surface area contributed by atoms with E-state index in [0.717, 1.165) is 11.3 Å². The Balaban J connectivity index is 1.75. The molecule has 3 aromatic rings. The minimum atomic E-state index is -0.364. The van der Waals surface area contributed by atoms with E-state index < -0.39 is 0 Å². The summed E-state index contributed by atoms with van der Waals surface area (Å²) in [5.74, 6) is 0.641. The summed E-state index contributed by atoms with van der Waals surface area (Å²) in [6, 6.07) is 18.2. The maximum atomic E-state index is 12.6. The lowest BCUT2D eigenvalue weighted by atomic mass is 10.0. The predicted molar refractivity (Wildman–Crippen MR) is 103 cm³/mol. The van der Waals surface area contributed by atoms with Gasteiger partial charge in [0.25, 0.3) is 5.91 Å². The van der Waals surface area contributed by atoms with Crippen molar-refractivity contribution in [3.8, 4) is 0 Å². The first-order chi connectivity index (χ1) is 12.5. The minimum Gasteiger partial charge on any atom is -0.463 e. The van der Waals surface area contributed by atoms with Crippen molar-refractivity contribution >= 4 is 34.8 Å². The SMILES string of the molecule is C[C@@H]([NH2+][C@H](c1ccccc1)c1ccco1)C(=O)Nc1ccc(Cl)cc1Cl. The van der Waals surface area contributed by atoms with Crippen molar-refractivity contribution in [3.63, 3.8) is 0 Å². The molecule has 3 N–H and O–H groups in total. The van der Waals surface area contributed by atoms with Crippen molar-refractivity contribution in [2.75, 3.05) is 5.32 Å². The third-order valence-electron chi connectivity index (χ3n) is 4.09. The number of halogens is 2. The van der Waals surface area contributed by atoms with Crippen LogP contribution in [-0.4, -0.2) is 11.9 Å². The van der Waals surface area contributed by atoms with Crippen LogP contribution in [0.2, 0.25) is 10.0 Å². The summed E-state index contributed by atoms with van der Waals surface area (Å²) in [5, 5.41) is 5.74. The molecule has 134 valence electrons. The van der Waals surface area contributed by atoms with Gasteiger partial charge in [-0.1, -0.05) is 53.5 Å². The highest BCUT2D eigenvalue weighted by atomic mass is 35.5. The van der Waals surface area contributed by atoms with Gasteiger partial charge in [0.15, 0.2) is 17.8 Å². The Labute approximate surface area is 162 Å². The number of nitrogens with one attached hydrogen (secondary N) is 1. The number of benzene rings is 2. The highest BCUT2D eigenvalue weighted by molar-refractivity contribution is 6.36. The maximum Gasteiger partial charge on any atom is 0.282 e. The molecule has 6 heteroatoms. The summed E-state index contributed by atoms with van der Waals surface area (Å²) in [4.78, 5) is 12.6. The van der Waals surface area contributed by atoms with Gasteiger partial charge in [-0.05, 0) is 37.3 Å². The molecule has 0 fully saturated rings. The Morgan fingerprint density at radius 1 is 1.08 bits per heavy atom. The third-order valence-corrected chi connectivity index (χ3v) is 4.64. The van der Waals surface area contributed by atoms with Gasteiger partial charge in [-0.15, -0.1) is 0 Å². The quantitative estimate of drug-likeness (QED) is 0.661. The average Bonchev–Trinajstić information content (AvgIpc) is 3.17. The van der Waals surface area contributed by atoms with Gasteiger partial charge < -0.3 is 15.1 Å². The third kappa shape index (κ3) is 4.47. The zero-order chi connectivity index (χ0) is 18.5. The highest BCUT2D eigenvalue weighted by Gasteiger charge is 2.27. The van der Waals surface area contributed by atoms with Crippen LogP contribution in [0.1, 0.15) is 24.3 Å². The molecule has 0 aliphatic heterocycles. The molecular weight excluding hydrogens is 371 g/mol. The Morgan fingerprint density at radius 3 is 2.50 bits per heavy atom. The maximum absolute atomic E-state index is 12.6. The first-order valence-corrected chi connectivity index (χ1v) is 8.99. The minimum absolute atomic E-state index is 0.118. The molecule has 0 aliphatic rings. The summed E-state index contributed by atoms with van der Waals surface area (Å²) in [7, 11) is 0. The zero-order valence-corrected chi connectivity index (χ0v) is 15.7. The normalized spacial score (nSPS) is 13.2. The van der Waals surface area contributed by atoms with Crippen molar-refractivity contribution in [1.29, 1.82) is 0 Å². The number of anilines is 1. The molecule has 0 bridgehead atoms. The van der Waals surface area contributed by atoms with E-state index in [2.05, 4.69) is 5.32 Å². The van der Waals surface area contributed by atoms with Crippen LogP contribution >= 0.6 is 23.2 Å². The summed E-state index contributed by atoms with van der Waals surface area (Å²) in [5.41, 5.74) is 1.60. The average molecular weight is 390 g/mol. The molecule has 1 amide bonds. The van der Waals surface area contributed by atoms with Gasteiger partial charge >= 0.3 is 0 Å². The van der Waals surface area contributed by atoms with Gasteiger partial charge in [0.05, 0.1) is 17.0 Å². The number of quaternary nitrogens is 1. The van der Waals surface area contributed by atoms with E-state index in [-0.39, 0.29) is 18.0 Å². The summed E-state index contributed by atoms with van der Waals surface area (Å²) >= 11 is 12.0. The largest absolute Gasteiger partial charge is 0.463 e. The Kier molecular flexibility index (Phi) is 5.99. The molecular formula is C20H19Cl2N2O2+. The van der Waals surface area contributed by atoms with E-state index >= 15 is 0 Å². The van der Waals surface area contributed by atoms with Crippen LogP contribution in [0.4, 0.5) is 5.69 Å². The number of furan rings is 1. The van der Waals surface area contributed by atoms with E-state index in [1.165, 1.54) is 0 Å². The van der Waals surface area contributed by atoms with E-state index in [9.17, 15) is 4.79 Å². The van der Waals surface area contributed by atoms with Crippen molar-refractivity contribution < 1.29 is 14.5 Å². The van der Waals surface area contributed by atoms with E-state index in [4.69, 9.17) is 27.6 Å². The lowest BCUT2D eigenvalue weighted by molar-refractivity contribution is -0.706. The number of hydrogen-bond donors (Lipinski definition) is 2. The molecule has 1 heterocycles. The molecule has 0 saturated carbocycles. The smallest absolute Gasteiger partial charge is 0.282 e. The molecule has 3 rings (SSSR count). The standard InChI is InChI=1S/C20H18Cl2N2O2/c1-13(20(25)24-17-10-9-15(21)12-16(17)22)23-19(18-8-5-11-26-18)14-6-3-2-4-7-14/h2-13,19,23H,1H3,(H,24,25)/p+1/t13-,19-/m1/s1. The van der Waals surface area contributed by atoms with Crippen molar-refractivity contribution in [2.24, 2.45) is 0 Å². The summed E-state index contributed by atoms with van der Waals surface area (Å²) in [6.45, 7) is 1.85. The van der Waals surface area contributed by atoms with Crippen LogP contribution in [0.15, 0.2) is 71.3 Å². The van der Waals surface area contributed by atoms with Crippen LogP contribution in [0, 0.1) is 0 Å². The Morgan fingerprint density at radius 2 is 1.85 bits per heavy atom. The summed E-state index contributed by atoms with van der Waals surface area (Å²) in [6.07, 6.45) is 1.64. The lowest BCUT2D eigenvalue weighted by Gasteiger charge is -2.19. The molecule has 0 radical (unpaired) electrons. The molecule has 0 aliphatic carbocycles. The number of hydrogen-bond acceptors (Lipinski definition) is 2. The molecule has 0 spiro atoms. The molecule has 0 unspecified atom stereocenters. The van der Waals surface area contributed by atoms with E-state index in [1.54, 1.807) is 24.5 Å². The van der Waals surface area contributed by atoms with Gasteiger partial charge in [0.1, 0.15) is 0 Å². The first kappa shape index (κ1) is 18.5. The van der Waals surface area contributed by atoms with Crippen molar-refractivity contribution in [2.45, 2.75) is 19.0 Å². The van der Waals surface area contributed by atoms with Crippen LogP contribution in [-0.2, 0) is 4.79 Å². The molecule has 1 aromatic heterocycles. The molecule has 2 aromatic carbocycles. The molecule has 26 heavy (non-hydrogen) atoms. The molecule has 0 saturated heterocycles. The second-order valence-electron chi connectivity index (χ2n) is 6.00. The van der Waals surface area contributed by atoms with Crippen LogP contribution in [0.5, 0.6) is 0 Å². The number of rotatable bonds is 6. The highest BCUT2D eigenvalue weighted by Crippen LogP contribution is 2.25. The van der Waals surface area contributed by atoms with E-state index in [1.807, 2.05) is 54.7 Å². The second kappa shape index (κ2) is 8.41. The fraction of sp³-hybridized carbons (Fsp3) is 0.150. The Hall–Kier alpha value is -2.27. The van der Waals surface area contributed by atoms with Gasteiger partial charge in [-0.2, -0.15) is 0 Å². The van der Waals surface area contributed by atoms with Crippen LogP contribution < -0.4 is 10.6 Å². The van der Waals surface area contributed by atoms with Gasteiger partial charge in [-0.3, -0.25) is 4.79 Å². The van der Waals surface area contributed by atoms with Gasteiger partial charge in [0, 0.05) is 10.6 Å². The van der Waals surface area contributed by atoms with Crippen molar-refractivity contribution in [1.82, 2.24) is 0 Å². The molecule has 2 atom stereocenters. The number of carbonyl (C=O) groups is 1. The van der Waals surface area contributed by atoms with Gasteiger partial charge in [-0.25, -0.2) is 0 Å². The van der Waals surface area contributed by atoms with E-state index in [0.29, 0.717) is 15.7 Å². The van der Waals surface area contributed by atoms with Crippen molar-refractivity contribution in [3.05, 3.63) is 88.3 Å². The monoisotopic (exact) mass is 389 g/mol.